The third-order valence-electron chi connectivity index (χ3n) is 5.12. The van der Waals surface area contributed by atoms with Crippen molar-refractivity contribution >= 4 is 56.6 Å². The molecular weight excluding hydrogens is 498 g/mol. The monoisotopic (exact) mass is 511 g/mol. The molecule has 3 aromatic rings. The maximum Gasteiger partial charge on any atom is 0.335 e. The average Bonchev–Trinajstić information content (AvgIpc) is 3.05. The van der Waals surface area contributed by atoms with Crippen LogP contribution in [0.15, 0.2) is 82.8 Å². The number of aliphatic hydroxyl groups is 1. The molecule has 1 aliphatic rings. The van der Waals surface area contributed by atoms with Crippen LogP contribution in [0.4, 0.5) is 5.69 Å². The van der Waals surface area contributed by atoms with Crippen LogP contribution in [-0.2, 0) is 9.59 Å². The van der Waals surface area contributed by atoms with E-state index in [1.165, 1.54) is 23.1 Å². The first kappa shape index (κ1) is 21.8. The van der Waals surface area contributed by atoms with Gasteiger partial charge in [-0.1, -0.05) is 45.7 Å². The summed E-state index contributed by atoms with van der Waals surface area (Å²) in [5.41, 5.74) is 1.00. The second-order valence-electron chi connectivity index (χ2n) is 7.08. The SMILES string of the molecule is O=C1C(=O)N(c2cccc(C(=O)O)c2)C(c2ccc(Br)cc2)/C1=C(\O)c1ccc(Cl)cc1. The molecule has 1 atom stereocenters. The number of carboxylic acids is 1. The quantitative estimate of drug-likeness (QED) is 0.276. The maximum absolute atomic E-state index is 13.1. The minimum absolute atomic E-state index is 0.0309. The topological polar surface area (TPSA) is 94.9 Å². The number of amides is 1. The van der Waals surface area contributed by atoms with E-state index in [0.29, 0.717) is 16.1 Å². The Morgan fingerprint density at radius 2 is 1.56 bits per heavy atom. The molecule has 1 amide bonds. The number of hydrogen-bond donors (Lipinski definition) is 2. The number of hydrogen-bond acceptors (Lipinski definition) is 4. The third-order valence-corrected chi connectivity index (χ3v) is 5.90. The number of anilines is 1. The largest absolute Gasteiger partial charge is 0.507 e. The summed E-state index contributed by atoms with van der Waals surface area (Å²) in [6, 6.07) is 18.0. The zero-order chi connectivity index (χ0) is 23.0. The summed E-state index contributed by atoms with van der Waals surface area (Å²) in [6.07, 6.45) is 0. The predicted octanol–water partition coefficient (Wildman–Crippen LogP) is 5.43. The van der Waals surface area contributed by atoms with Gasteiger partial charge >= 0.3 is 5.97 Å². The molecule has 1 aliphatic heterocycles. The number of benzene rings is 3. The van der Waals surface area contributed by atoms with Crippen LogP contribution < -0.4 is 4.90 Å². The van der Waals surface area contributed by atoms with Crippen molar-refractivity contribution in [3.8, 4) is 0 Å². The summed E-state index contributed by atoms with van der Waals surface area (Å²) in [7, 11) is 0. The molecule has 0 aliphatic carbocycles. The van der Waals surface area contributed by atoms with Gasteiger partial charge in [-0.2, -0.15) is 0 Å². The van der Waals surface area contributed by atoms with Gasteiger partial charge in [-0.15, -0.1) is 0 Å². The lowest BCUT2D eigenvalue weighted by Crippen LogP contribution is -2.29. The minimum Gasteiger partial charge on any atom is -0.507 e. The van der Waals surface area contributed by atoms with E-state index in [0.717, 1.165) is 4.47 Å². The highest BCUT2D eigenvalue weighted by molar-refractivity contribution is 9.10. The summed E-state index contributed by atoms with van der Waals surface area (Å²) in [6.45, 7) is 0. The summed E-state index contributed by atoms with van der Waals surface area (Å²) in [5.74, 6) is -3.24. The van der Waals surface area contributed by atoms with E-state index < -0.39 is 23.7 Å². The van der Waals surface area contributed by atoms with Crippen molar-refractivity contribution in [3.63, 3.8) is 0 Å². The molecule has 3 aromatic carbocycles. The van der Waals surface area contributed by atoms with Crippen LogP contribution in [0.5, 0.6) is 0 Å². The molecule has 0 saturated carbocycles. The Morgan fingerprint density at radius 1 is 0.906 bits per heavy atom. The molecule has 160 valence electrons. The number of ketones is 1. The lowest BCUT2D eigenvalue weighted by Gasteiger charge is -2.25. The van der Waals surface area contributed by atoms with Crippen LogP contribution in [0.3, 0.4) is 0 Å². The Kier molecular flexibility index (Phi) is 5.86. The summed E-state index contributed by atoms with van der Waals surface area (Å²) >= 11 is 9.30. The first-order chi connectivity index (χ1) is 15.3. The van der Waals surface area contributed by atoms with Crippen molar-refractivity contribution in [2.75, 3.05) is 4.90 Å². The van der Waals surface area contributed by atoms with E-state index in [4.69, 9.17) is 11.6 Å². The van der Waals surface area contributed by atoms with Crippen molar-refractivity contribution < 1.29 is 24.6 Å². The molecule has 1 saturated heterocycles. The molecule has 0 radical (unpaired) electrons. The van der Waals surface area contributed by atoms with Crippen molar-refractivity contribution in [2.24, 2.45) is 0 Å². The number of nitrogens with zero attached hydrogens (tertiary/aromatic N) is 1. The molecular formula is C24H15BrClNO5. The number of aromatic carboxylic acids is 1. The molecule has 8 heteroatoms. The number of carbonyl (C=O) groups excluding carboxylic acids is 2. The minimum atomic E-state index is -1.16. The van der Waals surface area contributed by atoms with Gasteiger partial charge in [0.2, 0.25) is 0 Å². The fraction of sp³-hybridized carbons (Fsp3) is 0.0417. The van der Waals surface area contributed by atoms with E-state index >= 15 is 0 Å². The molecule has 1 unspecified atom stereocenters. The lowest BCUT2D eigenvalue weighted by atomic mass is 9.95. The predicted molar refractivity (Wildman–Crippen MR) is 124 cm³/mol. The van der Waals surface area contributed by atoms with Crippen molar-refractivity contribution in [1.82, 2.24) is 0 Å². The van der Waals surface area contributed by atoms with E-state index in [1.54, 1.807) is 54.6 Å². The Morgan fingerprint density at radius 3 is 2.19 bits per heavy atom. The van der Waals surface area contributed by atoms with Crippen LogP contribution in [0, 0.1) is 0 Å². The molecule has 2 N–H and O–H groups in total. The standard InChI is InChI=1S/C24H15BrClNO5/c25-16-8-4-13(5-9-16)20-19(21(28)14-6-10-17(26)11-7-14)22(29)23(30)27(20)18-3-1-2-15(12-18)24(31)32/h1-12,20,28H,(H,31,32)/b21-19+. The van der Waals surface area contributed by atoms with E-state index in [1.807, 2.05) is 0 Å². The third kappa shape index (κ3) is 3.92. The van der Waals surface area contributed by atoms with Crippen molar-refractivity contribution in [3.05, 3.63) is 105 Å². The number of halogens is 2. The number of Topliss-reactive ketones (excluding diaryl/α,β-unsaturated/α-hetero) is 1. The van der Waals surface area contributed by atoms with Gasteiger partial charge in [0.15, 0.2) is 0 Å². The van der Waals surface area contributed by atoms with Gasteiger partial charge in [0, 0.05) is 20.7 Å². The Hall–Kier alpha value is -3.42. The van der Waals surface area contributed by atoms with E-state index in [2.05, 4.69) is 15.9 Å². The van der Waals surface area contributed by atoms with Gasteiger partial charge in [0.05, 0.1) is 17.2 Å². The van der Waals surface area contributed by atoms with Gasteiger partial charge in [-0.25, -0.2) is 4.79 Å². The Bertz CT molecular complexity index is 1270. The van der Waals surface area contributed by atoms with Crippen LogP contribution in [0.2, 0.25) is 5.02 Å². The first-order valence-corrected chi connectivity index (χ1v) is 10.6. The number of aliphatic hydroxyl groups excluding tert-OH is 1. The summed E-state index contributed by atoms with van der Waals surface area (Å²) < 4.78 is 0.795. The molecule has 6 nitrogen and oxygen atoms in total. The molecule has 0 spiro atoms. The van der Waals surface area contributed by atoms with Gasteiger partial charge in [-0.3, -0.25) is 14.5 Å². The fourth-order valence-electron chi connectivity index (χ4n) is 3.61. The van der Waals surface area contributed by atoms with Crippen molar-refractivity contribution in [1.29, 1.82) is 0 Å². The van der Waals surface area contributed by atoms with Gasteiger partial charge in [0.25, 0.3) is 11.7 Å². The molecule has 1 fully saturated rings. The second-order valence-corrected chi connectivity index (χ2v) is 8.44. The second kappa shape index (κ2) is 8.61. The molecule has 0 aromatic heterocycles. The molecule has 0 bridgehead atoms. The summed E-state index contributed by atoms with van der Waals surface area (Å²) in [4.78, 5) is 38.8. The van der Waals surface area contributed by atoms with E-state index in [-0.39, 0.29) is 22.6 Å². The van der Waals surface area contributed by atoms with Crippen LogP contribution in [-0.4, -0.2) is 27.9 Å². The van der Waals surface area contributed by atoms with Crippen molar-refractivity contribution in [2.45, 2.75) is 6.04 Å². The smallest absolute Gasteiger partial charge is 0.335 e. The maximum atomic E-state index is 13.1. The normalized spacial score (nSPS) is 17.6. The highest BCUT2D eigenvalue weighted by atomic mass is 79.9. The van der Waals surface area contributed by atoms with Crippen LogP contribution in [0.1, 0.15) is 27.5 Å². The molecule has 1 heterocycles. The summed E-state index contributed by atoms with van der Waals surface area (Å²) in [5, 5.41) is 20.8. The molecule has 32 heavy (non-hydrogen) atoms. The number of carbonyl (C=O) groups is 3. The van der Waals surface area contributed by atoms with Crippen LogP contribution >= 0.6 is 27.5 Å². The zero-order valence-electron chi connectivity index (χ0n) is 16.3. The zero-order valence-corrected chi connectivity index (χ0v) is 18.7. The number of carboxylic acid groups (broad SMARTS) is 1. The fourth-order valence-corrected chi connectivity index (χ4v) is 4.00. The highest BCUT2D eigenvalue weighted by Crippen LogP contribution is 2.42. The van der Waals surface area contributed by atoms with Crippen LogP contribution in [0.25, 0.3) is 5.76 Å². The molecule has 4 rings (SSSR count). The van der Waals surface area contributed by atoms with Gasteiger partial charge in [0.1, 0.15) is 5.76 Å². The Balaban J connectivity index is 1.94. The highest BCUT2D eigenvalue weighted by Gasteiger charge is 2.47. The Labute approximate surface area is 196 Å². The lowest BCUT2D eigenvalue weighted by molar-refractivity contribution is -0.132. The average molecular weight is 513 g/mol. The number of rotatable bonds is 4. The van der Waals surface area contributed by atoms with Gasteiger partial charge in [-0.05, 0) is 60.2 Å². The van der Waals surface area contributed by atoms with Gasteiger partial charge < -0.3 is 10.2 Å². The first-order valence-electron chi connectivity index (χ1n) is 9.43. The van der Waals surface area contributed by atoms with E-state index in [9.17, 15) is 24.6 Å².